The number of alkyl halides is 3. The van der Waals surface area contributed by atoms with Gasteiger partial charge in [0.05, 0.1) is 6.42 Å². The van der Waals surface area contributed by atoms with E-state index in [1.807, 2.05) is 13.8 Å². The maximum absolute atomic E-state index is 9.76. The van der Waals surface area contributed by atoms with Crippen LogP contribution in [0.2, 0.25) is 0 Å². The van der Waals surface area contributed by atoms with Crippen molar-refractivity contribution in [1.29, 1.82) is 0 Å². The Kier molecular flexibility index (Phi) is 10.8. The Hall–Kier alpha value is 0.300. The van der Waals surface area contributed by atoms with Gasteiger partial charge in [-0.1, -0.05) is 34.8 Å². The van der Waals surface area contributed by atoms with Gasteiger partial charge in [-0.3, -0.25) is 4.79 Å². The maximum atomic E-state index is 9.76. The summed E-state index contributed by atoms with van der Waals surface area (Å²) in [6.45, 7) is 5.67. The van der Waals surface area contributed by atoms with E-state index in [0.29, 0.717) is 0 Å². The number of carboxylic acids is 1. The average molecular weight is 252 g/mol. The SMILES string of the molecule is CCOCC.O=C(O)CC(Cl)(Cl)Cl. The lowest BCUT2D eigenvalue weighted by Gasteiger charge is -2.03. The molecule has 0 bridgehead atoms. The molecule has 0 unspecified atom stereocenters. The fraction of sp³-hybridized carbons (Fsp3) is 0.857. The summed E-state index contributed by atoms with van der Waals surface area (Å²) in [7, 11) is 0. The predicted octanol–water partition coefficient (Wildman–Crippen LogP) is 2.87. The number of rotatable bonds is 3. The Labute approximate surface area is 92.9 Å². The highest BCUT2D eigenvalue weighted by Gasteiger charge is 2.23. The molecular weight excluding hydrogens is 238 g/mol. The van der Waals surface area contributed by atoms with Crippen molar-refractivity contribution in [3.63, 3.8) is 0 Å². The largest absolute Gasteiger partial charge is 0.481 e. The molecule has 0 saturated carbocycles. The predicted molar refractivity (Wildman–Crippen MR) is 54.7 cm³/mol. The van der Waals surface area contributed by atoms with Crippen molar-refractivity contribution in [3.05, 3.63) is 0 Å². The van der Waals surface area contributed by atoms with Crippen LogP contribution in [0.4, 0.5) is 0 Å². The Bertz CT molecular complexity index is 131. The van der Waals surface area contributed by atoms with Gasteiger partial charge >= 0.3 is 5.97 Å². The standard InChI is InChI=1S/C4H10O.C3H3Cl3O2/c1-3-5-4-2;4-3(5,6)1-2(7)8/h3-4H2,1-2H3;1H2,(H,7,8). The third kappa shape index (κ3) is 24.5. The molecule has 13 heavy (non-hydrogen) atoms. The second-order valence-electron chi connectivity index (χ2n) is 1.97. The van der Waals surface area contributed by atoms with E-state index in [0.717, 1.165) is 13.2 Å². The van der Waals surface area contributed by atoms with E-state index in [1.54, 1.807) is 0 Å². The van der Waals surface area contributed by atoms with Crippen LogP contribution >= 0.6 is 34.8 Å². The summed E-state index contributed by atoms with van der Waals surface area (Å²) < 4.78 is 3.17. The van der Waals surface area contributed by atoms with Crippen LogP contribution in [0, 0.1) is 0 Å². The third-order valence-corrected chi connectivity index (χ3v) is 1.16. The minimum atomic E-state index is -1.66. The first-order chi connectivity index (χ1) is 5.83. The van der Waals surface area contributed by atoms with E-state index in [9.17, 15) is 4.79 Å². The van der Waals surface area contributed by atoms with Gasteiger partial charge in [0.1, 0.15) is 0 Å². The van der Waals surface area contributed by atoms with E-state index in [2.05, 4.69) is 0 Å². The number of carbonyl (C=O) groups is 1. The summed E-state index contributed by atoms with van der Waals surface area (Å²) in [5, 5.41) is 8.00. The van der Waals surface area contributed by atoms with Gasteiger partial charge in [-0.15, -0.1) is 0 Å². The third-order valence-electron chi connectivity index (χ3n) is 0.760. The highest BCUT2D eigenvalue weighted by molar-refractivity contribution is 6.68. The normalized spacial score (nSPS) is 10.2. The fourth-order valence-electron chi connectivity index (χ4n) is 0.376. The lowest BCUT2D eigenvalue weighted by atomic mass is 10.5. The summed E-state index contributed by atoms with van der Waals surface area (Å²) >= 11 is 15.2. The zero-order chi connectivity index (χ0) is 10.9. The van der Waals surface area contributed by atoms with Crippen LogP contribution in [0.25, 0.3) is 0 Å². The van der Waals surface area contributed by atoms with Gasteiger partial charge in [0, 0.05) is 13.2 Å². The zero-order valence-corrected chi connectivity index (χ0v) is 9.79. The summed E-state index contributed by atoms with van der Waals surface area (Å²) in [6.07, 6.45) is -0.461. The Morgan fingerprint density at radius 1 is 1.31 bits per heavy atom. The molecule has 0 rings (SSSR count). The van der Waals surface area contributed by atoms with Gasteiger partial charge in [0.15, 0.2) is 0 Å². The molecule has 0 aromatic rings. The Balaban J connectivity index is 0. The molecule has 0 aliphatic carbocycles. The van der Waals surface area contributed by atoms with E-state index < -0.39 is 16.2 Å². The molecule has 0 fully saturated rings. The van der Waals surface area contributed by atoms with Gasteiger partial charge in [0.25, 0.3) is 0 Å². The van der Waals surface area contributed by atoms with Crippen LogP contribution in [0.1, 0.15) is 20.3 Å². The van der Waals surface area contributed by atoms with E-state index in [-0.39, 0.29) is 0 Å². The van der Waals surface area contributed by atoms with Crippen molar-refractivity contribution in [3.8, 4) is 0 Å². The highest BCUT2D eigenvalue weighted by Crippen LogP contribution is 2.29. The second-order valence-corrected chi connectivity index (χ2v) is 4.48. The molecule has 0 atom stereocenters. The number of hydrogen-bond donors (Lipinski definition) is 1. The fourth-order valence-corrected chi connectivity index (χ4v) is 0.719. The molecule has 0 spiro atoms. The average Bonchev–Trinajstić information content (AvgIpc) is 1.84. The minimum Gasteiger partial charge on any atom is -0.481 e. The van der Waals surface area contributed by atoms with Gasteiger partial charge in [-0.05, 0) is 13.8 Å². The summed E-state index contributed by atoms with van der Waals surface area (Å²) in [5.74, 6) is -1.12. The van der Waals surface area contributed by atoms with Crippen molar-refractivity contribution in [2.45, 2.75) is 24.1 Å². The molecule has 0 aliphatic rings. The molecule has 3 nitrogen and oxygen atoms in total. The van der Waals surface area contributed by atoms with Crippen molar-refractivity contribution >= 4 is 40.8 Å². The van der Waals surface area contributed by atoms with Crippen LogP contribution in [0.3, 0.4) is 0 Å². The maximum Gasteiger partial charge on any atom is 0.307 e. The van der Waals surface area contributed by atoms with Crippen molar-refractivity contribution in [2.75, 3.05) is 13.2 Å². The molecule has 1 N–H and O–H groups in total. The molecule has 80 valence electrons. The Morgan fingerprint density at radius 3 is 1.69 bits per heavy atom. The summed E-state index contributed by atoms with van der Waals surface area (Å²) in [6, 6.07) is 0. The van der Waals surface area contributed by atoms with Gasteiger partial charge in [-0.25, -0.2) is 0 Å². The lowest BCUT2D eigenvalue weighted by Crippen LogP contribution is -2.09. The quantitative estimate of drug-likeness (QED) is 0.785. The molecule has 0 radical (unpaired) electrons. The number of aliphatic carboxylic acids is 1. The van der Waals surface area contributed by atoms with Crippen molar-refractivity contribution in [2.24, 2.45) is 0 Å². The van der Waals surface area contributed by atoms with E-state index in [1.165, 1.54) is 0 Å². The van der Waals surface area contributed by atoms with Crippen LogP contribution < -0.4 is 0 Å². The molecule has 0 heterocycles. The number of halogens is 3. The van der Waals surface area contributed by atoms with Crippen molar-refractivity contribution < 1.29 is 14.6 Å². The van der Waals surface area contributed by atoms with E-state index in [4.69, 9.17) is 44.6 Å². The molecule has 0 aromatic heterocycles. The van der Waals surface area contributed by atoms with Crippen LogP contribution in [-0.2, 0) is 9.53 Å². The molecule has 6 heteroatoms. The second kappa shape index (κ2) is 8.88. The molecule has 0 amide bonds. The monoisotopic (exact) mass is 250 g/mol. The molecule has 0 saturated heterocycles. The van der Waals surface area contributed by atoms with Gasteiger partial charge in [0.2, 0.25) is 3.79 Å². The summed E-state index contributed by atoms with van der Waals surface area (Å²) in [4.78, 5) is 9.76. The lowest BCUT2D eigenvalue weighted by molar-refractivity contribution is -0.136. The first-order valence-corrected chi connectivity index (χ1v) is 4.83. The molecular formula is C7H13Cl3O3. The molecule has 0 aliphatic heterocycles. The van der Waals surface area contributed by atoms with Gasteiger partial charge in [-0.2, -0.15) is 0 Å². The number of hydrogen-bond acceptors (Lipinski definition) is 2. The first kappa shape index (κ1) is 15.8. The van der Waals surface area contributed by atoms with Crippen LogP contribution in [0.15, 0.2) is 0 Å². The van der Waals surface area contributed by atoms with Crippen molar-refractivity contribution in [1.82, 2.24) is 0 Å². The van der Waals surface area contributed by atoms with E-state index >= 15 is 0 Å². The molecule has 0 aromatic carbocycles. The minimum absolute atomic E-state index is 0.461. The number of ether oxygens (including phenoxy) is 1. The van der Waals surface area contributed by atoms with Crippen LogP contribution in [-0.4, -0.2) is 28.1 Å². The number of carboxylic acid groups (broad SMARTS) is 1. The van der Waals surface area contributed by atoms with Gasteiger partial charge < -0.3 is 9.84 Å². The topological polar surface area (TPSA) is 46.5 Å². The first-order valence-electron chi connectivity index (χ1n) is 3.69. The zero-order valence-electron chi connectivity index (χ0n) is 7.52. The Morgan fingerprint density at radius 2 is 1.69 bits per heavy atom. The highest BCUT2D eigenvalue weighted by atomic mass is 35.6. The summed E-state index contributed by atoms with van der Waals surface area (Å²) in [5.41, 5.74) is 0. The smallest absolute Gasteiger partial charge is 0.307 e. The van der Waals surface area contributed by atoms with Crippen LogP contribution in [0.5, 0.6) is 0 Å².